The van der Waals surface area contributed by atoms with Crippen LogP contribution in [-0.2, 0) is 16.0 Å². The Morgan fingerprint density at radius 3 is 3.11 bits per heavy atom. The van der Waals surface area contributed by atoms with E-state index in [9.17, 15) is 4.79 Å². The molecular weight excluding hydrogens is 244 g/mol. The number of hydrogen-bond acceptors (Lipinski definition) is 4. The Kier molecular flexibility index (Phi) is 3.31. The quantitative estimate of drug-likeness (QED) is 0.813. The molecule has 0 bridgehead atoms. The number of rotatable bonds is 2. The summed E-state index contributed by atoms with van der Waals surface area (Å²) in [7, 11) is 0. The first kappa shape index (κ1) is 12.7. The molecular formula is C14H20N2O3. The number of carbonyl (C=O) groups excluding carboxylic acids is 1. The van der Waals surface area contributed by atoms with Crippen molar-refractivity contribution in [2.24, 2.45) is 5.41 Å². The first-order chi connectivity index (χ1) is 9.17. The maximum absolute atomic E-state index is 12.3. The van der Waals surface area contributed by atoms with Crippen molar-refractivity contribution in [3.8, 4) is 0 Å². The second kappa shape index (κ2) is 4.96. The summed E-state index contributed by atoms with van der Waals surface area (Å²) >= 11 is 0. The van der Waals surface area contributed by atoms with E-state index in [1.165, 1.54) is 6.42 Å². The lowest BCUT2D eigenvalue weighted by Gasteiger charge is -2.39. The van der Waals surface area contributed by atoms with Crippen LogP contribution in [0, 0.1) is 12.3 Å². The van der Waals surface area contributed by atoms with Gasteiger partial charge in [-0.2, -0.15) is 0 Å². The number of nitrogens with zero attached hydrogens (tertiary/aromatic N) is 2. The van der Waals surface area contributed by atoms with Crippen LogP contribution in [0.2, 0.25) is 0 Å². The van der Waals surface area contributed by atoms with Gasteiger partial charge in [-0.15, -0.1) is 0 Å². The SMILES string of the molecule is Cc1cc(CC(=O)N2CCC[C@]3(CCOC3)C2)on1. The van der Waals surface area contributed by atoms with Crippen molar-refractivity contribution in [2.75, 3.05) is 26.3 Å². The summed E-state index contributed by atoms with van der Waals surface area (Å²) in [5.41, 5.74) is 1.03. The van der Waals surface area contributed by atoms with E-state index in [-0.39, 0.29) is 11.3 Å². The standard InChI is InChI=1S/C14H20N2O3/c1-11-7-12(19-15-11)8-13(17)16-5-2-3-14(9-16)4-6-18-10-14/h7H,2-6,8-10H2,1H3/t14-/m0/s1. The number of aromatic nitrogens is 1. The summed E-state index contributed by atoms with van der Waals surface area (Å²) in [5.74, 6) is 0.798. The fourth-order valence-electron chi connectivity index (χ4n) is 3.15. The second-order valence-corrected chi connectivity index (χ2v) is 5.83. The third-order valence-corrected chi connectivity index (χ3v) is 4.20. The van der Waals surface area contributed by atoms with Gasteiger partial charge in [0, 0.05) is 31.2 Å². The molecule has 2 saturated heterocycles. The zero-order valence-corrected chi connectivity index (χ0v) is 11.4. The average Bonchev–Trinajstić information content (AvgIpc) is 3.00. The number of hydrogen-bond donors (Lipinski definition) is 0. The van der Waals surface area contributed by atoms with Gasteiger partial charge in [-0.25, -0.2) is 0 Å². The minimum Gasteiger partial charge on any atom is -0.381 e. The Morgan fingerprint density at radius 2 is 2.42 bits per heavy atom. The van der Waals surface area contributed by atoms with Gasteiger partial charge in [-0.05, 0) is 26.2 Å². The highest BCUT2D eigenvalue weighted by molar-refractivity contribution is 5.78. The fourth-order valence-corrected chi connectivity index (χ4v) is 3.15. The molecule has 19 heavy (non-hydrogen) atoms. The molecule has 1 aromatic rings. The maximum atomic E-state index is 12.3. The molecule has 3 heterocycles. The molecule has 1 atom stereocenters. The average molecular weight is 264 g/mol. The number of carbonyl (C=O) groups is 1. The van der Waals surface area contributed by atoms with Crippen LogP contribution in [0.4, 0.5) is 0 Å². The van der Waals surface area contributed by atoms with Crippen LogP contribution in [0.25, 0.3) is 0 Å². The molecule has 1 aromatic heterocycles. The van der Waals surface area contributed by atoms with E-state index < -0.39 is 0 Å². The third kappa shape index (κ3) is 2.66. The van der Waals surface area contributed by atoms with Gasteiger partial charge in [0.1, 0.15) is 5.76 Å². The highest BCUT2D eigenvalue weighted by Crippen LogP contribution is 2.37. The number of amides is 1. The summed E-state index contributed by atoms with van der Waals surface area (Å²) in [4.78, 5) is 14.3. The lowest BCUT2D eigenvalue weighted by molar-refractivity contribution is -0.134. The number of piperidine rings is 1. The molecule has 0 aliphatic carbocycles. The summed E-state index contributed by atoms with van der Waals surface area (Å²) < 4.78 is 10.6. The minimum atomic E-state index is 0.141. The predicted molar refractivity (Wildman–Crippen MR) is 68.6 cm³/mol. The lowest BCUT2D eigenvalue weighted by atomic mass is 9.79. The van der Waals surface area contributed by atoms with Crippen molar-refractivity contribution < 1.29 is 14.1 Å². The van der Waals surface area contributed by atoms with Crippen LogP contribution < -0.4 is 0 Å². The highest BCUT2D eigenvalue weighted by Gasteiger charge is 2.40. The van der Waals surface area contributed by atoms with Crippen LogP contribution in [-0.4, -0.2) is 42.3 Å². The predicted octanol–water partition coefficient (Wildman–Crippen LogP) is 1.55. The van der Waals surface area contributed by atoms with Gasteiger partial charge in [0.25, 0.3) is 0 Å². The topological polar surface area (TPSA) is 55.6 Å². The third-order valence-electron chi connectivity index (χ3n) is 4.20. The van der Waals surface area contributed by atoms with Crippen molar-refractivity contribution in [2.45, 2.75) is 32.6 Å². The van der Waals surface area contributed by atoms with Crippen molar-refractivity contribution in [3.63, 3.8) is 0 Å². The van der Waals surface area contributed by atoms with Crippen LogP contribution in [0.15, 0.2) is 10.6 Å². The Morgan fingerprint density at radius 1 is 1.53 bits per heavy atom. The monoisotopic (exact) mass is 264 g/mol. The zero-order valence-electron chi connectivity index (χ0n) is 11.4. The molecule has 104 valence electrons. The Balaban J connectivity index is 1.63. The van der Waals surface area contributed by atoms with Gasteiger partial charge in [0.2, 0.25) is 5.91 Å². The van der Waals surface area contributed by atoms with Crippen molar-refractivity contribution in [1.29, 1.82) is 0 Å². The van der Waals surface area contributed by atoms with E-state index in [0.29, 0.717) is 12.2 Å². The molecule has 0 aromatic carbocycles. The Hall–Kier alpha value is -1.36. The summed E-state index contributed by atoms with van der Waals surface area (Å²) in [6.45, 7) is 5.19. The Bertz CT molecular complexity index is 463. The van der Waals surface area contributed by atoms with E-state index in [1.807, 2.05) is 17.9 Å². The van der Waals surface area contributed by atoms with Gasteiger partial charge in [0.15, 0.2) is 0 Å². The molecule has 0 unspecified atom stereocenters. The molecule has 5 heteroatoms. The van der Waals surface area contributed by atoms with Gasteiger partial charge in [-0.3, -0.25) is 4.79 Å². The van der Waals surface area contributed by atoms with E-state index in [0.717, 1.165) is 44.8 Å². The van der Waals surface area contributed by atoms with Gasteiger partial charge >= 0.3 is 0 Å². The zero-order chi connectivity index (χ0) is 13.3. The minimum absolute atomic E-state index is 0.141. The number of aryl methyl sites for hydroxylation is 1. The molecule has 1 amide bonds. The molecule has 2 fully saturated rings. The number of likely N-dealkylation sites (tertiary alicyclic amines) is 1. The van der Waals surface area contributed by atoms with Crippen molar-refractivity contribution in [1.82, 2.24) is 10.1 Å². The van der Waals surface area contributed by atoms with Gasteiger partial charge in [0.05, 0.1) is 18.7 Å². The highest BCUT2D eigenvalue weighted by atomic mass is 16.5. The van der Waals surface area contributed by atoms with Crippen LogP contribution in [0.3, 0.4) is 0 Å². The van der Waals surface area contributed by atoms with E-state index >= 15 is 0 Å². The summed E-state index contributed by atoms with van der Waals surface area (Å²) in [6, 6.07) is 1.83. The maximum Gasteiger partial charge on any atom is 0.230 e. The van der Waals surface area contributed by atoms with E-state index in [2.05, 4.69) is 5.16 Å². The first-order valence-corrected chi connectivity index (χ1v) is 6.95. The van der Waals surface area contributed by atoms with Gasteiger partial charge < -0.3 is 14.2 Å². The van der Waals surface area contributed by atoms with E-state index in [1.54, 1.807) is 0 Å². The van der Waals surface area contributed by atoms with Crippen molar-refractivity contribution >= 4 is 5.91 Å². The largest absolute Gasteiger partial charge is 0.381 e. The molecule has 5 nitrogen and oxygen atoms in total. The molecule has 3 rings (SSSR count). The number of ether oxygens (including phenoxy) is 1. The Labute approximate surface area is 112 Å². The van der Waals surface area contributed by atoms with E-state index in [4.69, 9.17) is 9.26 Å². The fraction of sp³-hybridized carbons (Fsp3) is 0.714. The normalized spacial score (nSPS) is 27.1. The van der Waals surface area contributed by atoms with Crippen LogP contribution in [0.1, 0.15) is 30.7 Å². The first-order valence-electron chi connectivity index (χ1n) is 6.95. The van der Waals surface area contributed by atoms with Crippen LogP contribution in [0.5, 0.6) is 0 Å². The van der Waals surface area contributed by atoms with Gasteiger partial charge in [-0.1, -0.05) is 5.16 Å². The summed E-state index contributed by atoms with van der Waals surface area (Å²) in [5, 5.41) is 3.82. The molecule has 2 aliphatic heterocycles. The second-order valence-electron chi connectivity index (χ2n) is 5.83. The molecule has 0 radical (unpaired) electrons. The molecule has 0 saturated carbocycles. The van der Waals surface area contributed by atoms with Crippen LogP contribution >= 0.6 is 0 Å². The lowest BCUT2D eigenvalue weighted by Crippen LogP contribution is -2.47. The molecule has 0 N–H and O–H groups in total. The molecule has 2 aliphatic rings. The molecule has 1 spiro atoms. The smallest absolute Gasteiger partial charge is 0.230 e. The van der Waals surface area contributed by atoms with Crippen molar-refractivity contribution in [3.05, 3.63) is 17.5 Å². The summed E-state index contributed by atoms with van der Waals surface area (Å²) in [6.07, 6.45) is 3.65.